The molecule has 0 spiro atoms. The van der Waals surface area contributed by atoms with Crippen molar-refractivity contribution in [1.29, 1.82) is 0 Å². The molecule has 0 fully saturated rings. The average Bonchev–Trinajstić information content (AvgIpc) is 2.76. The van der Waals surface area contributed by atoms with Crippen molar-refractivity contribution in [2.75, 3.05) is 7.11 Å². The van der Waals surface area contributed by atoms with Gasteiger partial charge in [0.2, 0.25) is 5.78 Å². The van der Waals surface area contributed by atoms with Crippen LogP contribution in [0.25, 0.3) is 16.8 Å². The minimum atomic E-state index is -0.406. The number of fused-ring (bicyclic) bond motifs is 3. The number of nitrogens with one attached hydrogen (secondary N) is 1. The van der Waals surface area contributed by atoms with E-state index in [0.717, 1.165) is 11.0 Å². The van der Waals surface area contributed by atoms with Crippen LogP contribution in [0.1, 0.15) is 5.69 Å². The number of rotatable bonds is 2. The summed E-state index contributed by atoms with van der Waals surface area (Å²) in [4.78, 5) is 30.6. The normalized spacial score (nSPS) is 10.4. The lowest BCUT2D eigenvalue weighted by Gasteiger charge is -2.01. The highest BCUT2D eigenvalue weighted by Crippen LogP contribution is 2.13. The fourth-order valence-corrected chi connectivity index (χ4v) is 2.05. The van der Waals surface area contributed by atoms with E-state index >= 15 is 0 Å². The maximum Gasteiger partial charge on any atom is 0.311 e. The molecule has 3 rings (SSSR count). The van der Waals surface area contributed by atoms with Crippen LogP contribution in [0.4, 0.5) is 0 Å². The predicted molar refractivity (Wildman–Crippen MR) is 76.3 cm³/mol. The van der Waals surface area contributed by atoms with Gasteiger partial charge in [0.1, 0.15) is 0 Å². The number of nitrogens with zero attached hydrogens (tertiary/aromatic N) is 2. The predicted octanol–water partition coefficient (Wildman–Crippen LogP) is 1.31. The molecule has 104 valence electrons. The van der Waals surface area contributed by atoms with Crippen molar-refractivity contribution in [3.05, 3.63) is 46.4 Å². The van der Waals surface area contributed by atoms with Crippen molar-refractivity contribution in [3.63, 3.8) is 0 Å². The number of carbonyl (C=O) groups excluding carboxylic acids is 1. The number of H-pyrrole nitrogens is 1. The molecule has 0 atom stereocenters. The Kier molecular flexibility index (Phi) is 3.76. The lowest BCUT2D eigenvalue weighted by atomic mass is 10.3. The van der Waals surface area contributed by atoms with E-state index in [-0.39, 0.29) is 24.4 Å². The van der Waals surface area contributed by atoms with E-state index < -0.39 is 5.97 Å². The number of hydrogen-bond acceptors (Lipinski definition) is 4. The molecule has 2 heterocycles. The largest absolute Gasteiger partial charge is 0.469 e. The zero-order chi connectivity index (χ0) is 13.4. The molecule has 20 heavy (non-hydrogen) atoms. The number of esters is 1. The molecule has 0 bridgehead atoms. The second kappa shape index (κ2) is 5.34. The minimum Gasteiger partial charge on any atom is -0.469 e. The molecule has 0 saturated carbocycles. The molecule has 0 aliphatic heterocycles. The average molecular weight is 294 g/mol. The highest BCUT2D eigenvalue weighted by atomic mass is 35.5. The van der Waals surface area contributed by atoms with E-state index in [1.165, 1.54) is 17.6 Å². The van der Waals surface area contributed by atoms with Gasteiger partial charge in [0.25, 0.3) is 5.56 Å². The third-order valence-corrected chi connectivity index (χ3v) is 2.91. The van der Waals surface area contributed by atoms with Crippen LogP contribution in [0.2, 0.25) is 0 Å². The zero-order valence-electron chi connectivity index (χ0n) is 10.6. The molecule has 0 saturated heterocycles. The van der Waals surface area contributed by atoms with E-state index in [1.54, 1.807) is 0 Å². The summed E-state index contributed by atoms with van der Waals surface area (Å²) in [5.41, 5.74) is 1.73. The van der Waals surface area contributed by atoms with Crippen LogP contribution in [0.5, 0.6) is 0 Å². The lowest BCUT2D eigenvalue weighted by molar-refractivity contribution is -0.139. The topological polar surface area (TPSA) is 76.5 Å². The number of halogens is 1. The number of carbonyl (C=O) groups is 1. The van der Waals surface area contributed by atoms with Gasteiger partial charge < -0.3 is 9.72 Å². The van der Waals surface area contributed by atoms with Crippen LogP contribution in [0.15, 0.2) is 35.1 Å². The second-order valence-corrected chi connectivity index (χ2v) is 4.15. The molecule has 0 amide bonds. The molecule has 1 aromatic carbocycles. The number of methoxy groups -OCH3 is 1. The van der Waals surface area contributed by atoms with E-state index in [1.807, 2.05) is 24.3 Å². The first-order valence-electron chi connectivity index (χ1n) is 5.75. The summed E-state index contributed by atoms with van der Waals surface area (Å²) in [6, 6.07) is 8.74. The maximum absolute atomic E-state index is 12.1. The van der Waals surface area contributed by atoms with Gasteiger partial charge in [-0.15, -0.1) is 12.4 Å². The van der Waals surface area contributed by atoms with Gasteiger partial charge in [-0.2, -0.15) is 0 Å². The number of aromatic nitrogens is 3. The first-order valence-corrected chi connectivity index (χ1v) is 5.75. The summed E-state index contributed by atoms with van der Waals surface area (Å²) in [6.07, 6.45) is 0.0193. The molecule has 7 heteroatoms. The van der Waals surface area contributed by atoms with Gasteiger partial charge in [-0.3, -0.25) is 9.59 Å². The van der Waals surface area contributed by atoms with Crippen molar-refractivity contribution in [2.45, 2.75) is 6.42 Å². The minimum absolute atomic E-state index is 0. The molecular weight excluding hydrogens is 282 g/mol. The molecule has 0 unspecified atom stereocenters. The third kappa shape index (κ3) is 2.25. The van der Waals surface area contributed by atoms with Gasteiger partial charge in [-0.25, -0.2) is 9.38 Å². The van der Waals surface area contributed by atoms with Crippen molar-refractivity contribution in [1.82, 2.24) is 14.4 Å². The van der Waals surface area contributed by atoms with Gasteiger partial charge in [0, 0.05) is 11.8 Å². The Hall–Kier alpha value is -2.34. The SMILES string of the molecule is COC(=O)Cc1cc(=O)n2c(nc3ccccc32)[nH]1.Cl. The molecular formula is C13H12ClN3O3. The fourth-order valence-electron chi connectivity index (χ4n) is 2.05. The van der Waals surface area contributed by atoms with Crippen LogP contribution in [-0.4, -0.2) is 27.4 Å². The molecule has 0 aliphatic carbocycles. The second-order valence-electron chi connectivity index (χ2n) is 4.15. The van der Waals surface area contributed by atoms with Gasteiger partial charge in [0.05, 0.1) is 24.6 Å². The van der Waals surface area contributed by atoms with Gasteiger partial charge in [-0.1, -0.05) is 12.1 Å². The lowest BCUT2D eigenvalue weighted by Crippen LogP contribution is -2.16. The van der Waals surface area contributed by atoms with E-state index in [4.69, 9.17) is 0 Å². The highest BCUT2D eigenvalue weighted by molar-refractivity contribution is 5.85. The maximum atomic E-state index is 12.1. The summed E-state index contributed by atoms with van der Waals surface area (Å²) in [5.74, 6) is 0.0173. The number of imidazole rings is 1. The number of aromatic amines is 1. The number of hydrogen-bond donors (Lipinski definition) is 1. The Bertz CT molecular complexity index is 838. The van der Waals surface area contributed by atoms with Gasteiger partial charge >= 0.3 is 5.97 Å². The number of benzene rings is 1. The van der Waals surface area contributed by atoms with Gasteiger partial charge in [0.15, 0.2) is 0 Å². The van der Waals surface area contributed by atoms with E-state index in [2.05, 4.69) is 14.7 Å². The molecule has 3 aromatic rings. The van der Waals surface area contributed by atoms with Crippen LogP contribution in [0.3, 0.4) is 0 Å². The first-order chi connectivity index (χ1) is 9.19. The Morgan fingerprint density at radius 1 is 1.40 bits per heavy atom. The molecule has 0 radical (unpaired) electrons. The monoisotopic (exact) mass is 293 g/mol. The van der Waals surface area contributed by atoms with Crippen LogP contribution in [-0.2, 0) is 16.0 Å². The zero-order valence-corrected chi connectivity index (χ0v) is 11.4. The first kappa shape index (κ1) is 14.1. The Labute approximate surface area is 119 Å². The number of ether oxygens (including phenoxy) is 1. The fraction of sp³-hybridized carbons (Fsp3) is 0.154. The molecule has 6 nitrogen and oxygen atoms in total. The van der Waals surface area contributed by atoms with Crippen molar-refractivity contribution < 1.29 is 9.53 Å². The summed E-state index contributed by atoms with van der Waals surface area (Å²) < 4.78 is 6.06. The Morgan fingerprint density at radius 2 is 2.15 bits per heavy atom. The summed E-state index contributed by atoms with van der Waals surface area (Å²) >= 11 is 0. The van der Waals surface area contributed by atoms with Crippen LogP contribution < -0.4 is 5.56 Å². The van der Waals surface area contributed by atoms with Crippen molar-refractivity contribution in [3.8, 4) is 0 Å². The van der Waals surface area contributed by atoms with Crippen molar-refractivity contribution >= 4 is 35.2 Å². The number of para-hydroxylation sites is 2. The van der Waals surface area contributed by atoms with E-state index in [9.17, 15) is 9.59 Å². The quantitative estimate of drug-likeness (QED) is 0.723. The highest BCUT2D eigenvalue weighted by Gasteiger charge is 2.10. The van der Waals surface area contributed by atoms with Crippen LogP contribution in [0, 0.1) is 0 Å². The molecule has 1 N–H and O–H groups in total. The standard InChI is InChI=1S/C13H11N3O3.ClH/c1-19-12(18)7-8-6-11(17)16-10-5-3-2-4-9(10)15-13(16)14-8;/h2-6H,7H2,1H3,(H,14,15);1H. The van der Waals surface area contributed by atoms with Crippen LogP contribution >= 0.6 is 12.4 Å². The van der Waals surface area contributed by atoms with Crippen molar-refractivity contribution in [2.24, 2.45) is 0 Å². The summed E-state index contributed by atoms with van der Waals surface area (Å²) in [5, 5.41) is 0. The smallest absolute Gasteiger partial charge is 0.311 e. The summed E-state index contributed by atoms with van der Waals surface area (Å²) in [6.45, 7) is 0. The molecule has 0 aliphatic rings. The van der Waals surface area contributed by atoms with Gasteiger partial charge in [-0.05, 0) is 12.1 Å². The van der Waals surface area contributed by atoms with E-state index in [0.29, 0.717) is 11.5 Å². The summed E-state index contributed by atoms with van der Waals surface area (Å²) in [7, 11) is 1.31. The molecule has 2 aromatic heterocycles. The Morgan fingerprint density at radius 3 is 2.90 bits per heavy atom. The Balaban J connectivity index is 0.00000147. The third-order valence-electron chi connectivity index (χ3n) is 2.91.